The number of carbonyl (C=O) groups is 2. The number of rotatable bonds is 7. The number of β-amino-alcohol motifs (C(OH)–C–C–N with tert-alkyl or cyclic N) is 1. The van der Waals surface area contributed by atoms with Crippen molar-refractivity contribution in [2.75, 3.05) is 13.2 Å². The number of carbonyl (C=O) groups excluding carboxylic acids is 2. The molecular weight excluding hydrogens is 404 g/mol. The molecule has 1 aliphatic carbocycles. The first kappa shape index (κ1) is 20.8. The summed E-state index contributed by atoms with van der Waals surface area (Å²) >= 11 is 5.86. The Morgan fingerprint density at radius 3 is 2.67 bits per heavy atom. The molecule has 0 radical (unpaired) electrons. The molecule has 158 valence electrons. The second-order valence-corrected chi connectivity index (χ2v) is 8.54. The van der Waals surface area contributed by atoms with Crippen LogP contribution in [-0.2, 0) is 34.5 Å². The summed E-state index contributed by atoms with van der Waals surface area (Å²) in [5.74, 6) is -0.359. The molecule has 1 aliphatic heterocycles. The van der Waals surface area contributed by atoms with E-state index in [0.29, 0.717) is 11.6 Å². The van der Waals surface area contributed by atoms with Gasteiger partial charge in [-0.25, -0.2) is 4.79 Å². The number of urea groups is 1. The summed E-state index contributed by atoms with van der Waals surface area (Å²) in [6.07, 6.45) is 2.19. The smallest absolute Gasteiger partial charge is 0.325 e. The van der Waals surface area contributed by atoms with Gasteiger partial charge in [0.05, 0.1) is 25.9 Å². The summed E-state index contributed by atoms with van der Waals surface area (Å²) in [4.78, 5) is 26.7. The number of aliphatic hydroxyl groups excluding tert-OH is 1. The number of aryl methyl sites for hydroxylation is 2. The first-order valence-electron chi connectivity index (χ1n) is 10.1. The number of aliphatic hydroxyl groups is 1. The molecule has 3 amide bonds. The van der Waals surface area contributed by atoms with Gasteiger partial charge in [-0.15, -0.1) is 0 Å². The van der Waals surface area contributed by atoms with Crippen LogP contribution in [0.1, 0.15) is 35.6 Å². The summed E-state index contributed by atoms with van der Waals surface area (Å²) < 4.78 is 5.53. The van der Waals surface area contributed by atoms with E-state index in [2.05, 4.69) is 5.32 Å². The molecule has 2 aliphatic rings. The van der Waals surface area contributed by atoms with Gasteiger partial charge in [-0.2, -0.15) is 0 Å². The van der Waals surface area contributed by atoms with E-state index in [0.717, 1.165) is 35.3 Å². The fraction of sp³-hybridized carbons (Fsp3) is 0.391. The van der Waals surface area contributed by atoms with Gasteiger partial charge in [0.15, 0.2) is 0 Å². The standard InChI is InChI=1S/C23H25ClN2O4/c1-23(18-8-7-16-3-2-4-17(16)11-18)21(28)26(22(29)25-23)12-20(27)14-30-13-15-5-9-19(24)10-6-15/h5-11,20,27H,2-4,12-14H2,1H3,(H,25,29). The largest absolute Gasteiger partial charge is 0.389 e. The highest BCUT2D eigenvalue weighted by molar-refractivity contribution is 6.30. The molecule has 2 unspecified atom stereocenters. The van der Waals surface area contributed by atoms with Gasteiger partial charge in [-0.05, 0) is 60.6 Å². The first-order valence-corrected chi connectivity index (χ1v) is 10.5. The molecule has 2 aromatic carbocycles. The average Bonchev–Trinajstić information content (AvgIpc) is 3.28. The van der Waals surface area contributed by atoms with Crippen LogP contribution >= 0.6 is 11.6 Å². The summed E-state index contributed by atoms with van der Waals surface area (Å²) in [5, 5.41) is 13.8. The van der Waals surface area contributed by atoms with Crippen molar-refractivity contribution in [3.8, 4) is 0 Å². The summed E-state index contributed by atoms with van der Waals surface area (Å²) in [6, 6.07) is 12.7. The third kappa shape index (κ3) is 4.08. The van der Waals surface area contributed by atoms with Crippen LogP contribution in [-0.4, -0.2) is 41.2 Å². The number of ether oxygens (including phenoxy) is 1. The second-order valence-electron chi connectivity index (χ2n) is 8.10. The van der Waals surface area contributed by atoms with Gasteiger partial charge in [-0.1, -0.05) is 41.9 Å². The molecule has 1 saturated heterocycles. The van der Waals surface area contributed by atoms with Gasteiger partial charge in [0.2, 0.25) is 0 Å². The van der Waals surface area contributed by atoms with E-state index in [-0.39, 0.29) is 19.1 Å². The van der Waals surface area contributed by atoms with Crippen molar-refractivity contribution in [1.82, 2.24) is 10.2 Å². The number of hydrogen-bond donors (Lipinski definition) is 2. The summed E-state index contributed by atoms with van der Waals surface area (Å²) in [5.41, 5.74) is 3.12. The van der Waals surface area contributed by atoms with Crippen LogP contribution in [0, 0.1) is 0 Å². The van der Waals surface area contributed by atoms with Crippen molar-refractivity contribution in [1.29, 1.82) is 0 Å². The Bertz CT molecular complexity index is 962. The fourth-order valence-electron chi connectivity index (χ4n) is 4.10. The van der Waals surface area contributed by atoms with Crippen molar-refractivity contribution in [2.45, 2.75) is 44.4 Å². The van der Waals surface area contributed by atoms with Gasteiger partial charge in [0.1, 0.15) is 5.54 Å². The topological polar surface area (TPSA) is 78.9 Å². The maximum atomic E-state index is 13.1. The monoisotopic (exact) mass is 428 g/mol. The molecule has 2 N–H and O–H groups in total. The Hall–Kier alpha value is -2.41. The highest BCUT2D eigenvalue weighted by atomic mass is 35.5. The Labute approximate surface area is 180 Å². The first-order chi connectivity index (χ1) is 14.4. The molecule has 4 rings (SSSR count). The van der Waals surface area contributed by atoms with Crippen LogP contribution in [0.3, 0.4) is 0 Å². The van der Waals surface area contributed by atoms with Crippen molar-refractivity contribution in [3.05, 3.63) is 69.7 Å². The molecule has 0 spiro atoms. The summed E-state index contributed by atoms with van der Waals surface area (Å²) in [7, 11) is 0. The van der Waals surface area contributed by atoms with Crippen LogP contribution in [0.15, 0.2) is 42.5 Å². The maximum absolute atomic E-state index is 13.1. The number of nitrogens with zero attached hydrogens (tertiary/aromatic N) is 1. The van der Waals surface area contributed by atoms with Crippen molar-refractivity contribution >= 4 is 23.5 Å². The number of imide groups is 1. The summed E-state index contributed by atoms with van der Waals surface area (Å²) in [6.45, 7) is 1.91. The second kappa shape index (κ2) is 8.38. The lowest BCUT2D eigenvalue weighted by Gasteiger charge is -2.24. The molecule has 30 heavy (non-hydrogen) atoms. The van der Waals surface area contributed by atoms with Gasteiger partial charge in [-0.3, -0.25) is 9.69 Å². The lowest BCUT2D eigenvalue weighted by Crippen LogP contribution is -2.42. The SMILES string of the molecule is CC1(c2ccc3c(c2)CCC3)NC(=O)N(CC(O)COCc2ccc(Cl)cc2)C1=O. The molecule has 0 aromatic heterocycles. The quantitative estimate of drug-likeness (QED) is 0.664. The molecule has 6 nitrogen and oxygen atoms in total. The molecule has 0 saturated carbocycles. The van der Waals surface area contributed by atoms with E-state index >= 15 is 0 Å². The average molecular weight is 429 g/mol. The normalized spacial score (nSPS) is 21.6. The zero-order valence-corrected chi connectivity index (χ0v) is 17.6. The van der Waals surface area contributed by atoms with Crippen molar-refractivity contribution < 1.29 is 19.4 Å². The van der Waals surface area contributed by atoms with E-state index in [1.165, 1.54) is 11.1 Å². The number of benzene rings is 2. The van der Waals surface area contributed by atoms with E-state index in [1.54, 1.807) is 19.1 Å². The zero-order chi connectivity index (χ0) is 21.3. The molecule has 1 heterocycles. The third-order valence-corrected chi connectivity index (χ3v) is 6.09. The zero-order valence-electron chi connectivity index (χ0n) is 16.9. The number of amides is 3. The highest BCUT2D eigenvalue weighted by Gasteiger charge is 2.49. The molecule has 7 heteroatoms. The lowest BCUT2D eigenvalue weighted by atomic mass is 9.89. The molecule has 2 atom stereocenters. The number of hydrogen-bond acceptors (Lipinski definition) is 4. The molecule has 2 aromatic rings. The molecule has 1 fully saturated rings. The molecule has 0 bridgehead atoms. The van der Waals surface area contributed by atoms with E-state index in [1.807, 2.05) is 30.3 Å². The predicted octanol–water partition coefficient (Wildman–Crippen LogP) is 3.17. The maximum Gasteiger partial charge on any atom is 0.325 e. The Balaban J connectivity index is 1.37. The van der Waals surface area contributed by atoms with Crippen LogP contribution in [0.25, 0.3) is 0 Å². The van der Waals surface area contributed by atoms with Crippen molar-refractivity contribution in [3.63, 3.8) is 0 Å². The third-order valence-electron chi connectivity index (χ3n) is 5.84. The fourth-order valence-corrected chi connectivity index (χ4v) is 4.22. The minimum absolute atomic E-state index is 0.00917. The van der Waals surface area contributed by atoms with Crippen LogP contribution in [0.2, 0.25) is 5.02 Å². The van der Waals surface area contributed by atoms with Gasteiger partial charge in [0, 0.05) is 5.02 Å². The van der Waals surface area contributed by atoms with Gasteiger partial charge >= 0.3 is 6.03 Å². The lowest BCUT2D eigenvalue weighted by molar-refractivity contribution is -0.132. The number of halogens is 1. The van der Waals surface area contributed by atoms with Crippen LogP contribution in [0.5, 0.6) is 0 Å². The minimum atomic E-state index is -1.13. The van der Waals surface area contributed by atoms with Crippen LogP contribution in [0.4, 0.5) is 4.79 Å². The highest BCUT2D eigenvalue weighted by Crippen LogP contribution is 2.32. The minimum Gasteiger partial charge on any atom is -0.389 e. The molecular formula is C23H25ClN2O4. The Morgan fingerprint density at radius 2 is 1.90 bits per heavy atom. The van der Waals surface area contributed by atoms with E-state index in [9.17, 15) is 14.7 Å². The number of nitrogens with one attached hydrogen (secondary N) is 1. The Kier molecular flexibility index (Phi) is 5.82. The van der Waals surface area contributed by atoms with E-state index in [4.69, 9.17) is 16.3 Å². The Morgan fingerprint density at radius 1 is 1.17 bits per heavy atom. The van der Waals surface area contributed by atoms with Gasteiger partial charge < -0.3 is 15.2 Å². The van der Waals surface area contributed by atoms with Crippen LogP contribution < -0.4 is 5.32 Å². The van der Waals surface area contributed by atoms with Crippen molar-refractivity contribution in [2.24, 2.45) is 0 Å². The predicted molar refractivity (Wildman–Crippen MR) is 113 cm³/mol. The number of fused-ring (bicyclic) bond motifs is 1. The van der Waals surface area contributed by atoms with Gasteiger partial charge in [0.25, 0.3) is 5.91 Å². The van der Waals surface area contributed by atoms with E-state index < -0.39 is 17.7 Å².